The monoisotopic (exact) mass is 396 g/mol. The summed E-state index contributed by atoms with van der Waals surface area (Å²) in [7, 11) is 0. The first-order valence-electron chi connectivity index (χ1n) is 7.96. The maximum absolute atomic E-state index is 12.6. The number of carbonyl (C=O) groups is 2. The smallest absolute Gasteiger partial charge is 0.443 e. The third-order valence-electron chi connectivity index (χ3n) is 4.10. The van der Waals surface area contributed by atoms with Gasteiger partial charge in [0.2, 0.25) is 0 Å². The Bertz CT molecular complexity index is 948. The highest BCUT2D eigenvalue weighted by Crippen LogP contribution is 2.32. The van der Waals surface area contributed by atoms with Crippen LogP contribution in [0.15, 0.2) is 35.7 Å². The zero-order valence-corrected chi connectivity index (χ0v) is 15.3. The molecule has 2 aromatic rings. The SMILES string of the molecule is CC1=C(C)C(=O)Cc2cc(C(=O)NCc3cnc(C(F)(F)F)s3)ccc2O1. The average Bonchev–Trinajstić information content (AvgIpc) is 3.06. The lowest BCUT2D eigenvalue weighted by molar-refractivity contribution is -0.137. The Morgan fingerprint density at radius 1 is 1.33 bits per heavy atom. The van der Waals surface area contributed by atoms with Gasteiger partial charge in [-0.3, -0.25) is 9.59 Å². The maximum Gasteiger partial charge on any atom is 0.443 e. The van der Waals surface area contributed by atoms with Crippen LogP contribution in [0.4, 0.5) is 13.2 Å². The van der Waals surface area contributed by atoms with Gasteiger partial charge in [0.25, 0.3) is 5.91 Å². The fraction of sp³-hybridized carbons (Fsp3) is 0.278. The van der Waals surface area contributed by atoms with Gasteiger partial charge < -0.3 is 10.1 Å². The molecule has 0 unspecified atom stereocenters. The number of aromatic nitrogens is 1. The molecule has 9 heteroatoms. The minimum atomic E-state index is -4.50. The van der Waals surface area contributed by atoms with Crippen LogP contribution in [-0.4, -0.2) is 16.7 Å². The van der Waals surface area contributed by atoms with E-state index < -0.39 is 17.1 Å². The van der Waals surface area contributed by atoms with E-state index in [-0.39, 0.29) is 18.7 Å². The van der Waals surface area contributed by atoms with Crippen LogP contribution in [0, 0.1) is 0 Å². The zero-order valence-electron chi connectivity index (χ0n) is 14.4. The number of thiazole rings is 1. The van der Waals surface area contributed by atoms with Crippen LogP contribution in [0.3, 0.4) is 0 Å². The Labute approximate surface area is 156 Å². The molecule has 1 amide bonds. The molecule has 0 fully saturated rings. The number of ether oxygens (including phenoxy) is 1. The lowest BCUT2D eigenvalue weighted by Crippen LogP contribution is -2.22. The third kappa shape index (κ3) is 4.19. The first-order chi connectivity index (χ1) is 12.6. The third-order valence-corrected chi connectivity index (χ3v) is 5.14. The molecule has 1 aliphatic heterocycles. The van der Waals surface area contributed by atoms with Crippen molar-refractivity contribution in [2.75, 3.05) is 0 Å². The van der Waals surface area contributed by atoms with Gasteiger partial charge in [-0.05, 0) is 32.0 Å². The van der Waals surface area contributed by atoms with Gasteiger partial charge in [-0.15, -0.1) is 11.3 Å². The van der Waals surface area contributed by atoms with Gasteiger partial charge in [0, 0.05) is 34.2 Å². The number of alkyl halides is 3. The molecule has 5 nitrogen and oxygen atoms in total. The predicted octanol–water partition coefficient (Wildman–Crippen LogP) is 3.89. The minimum Gasteiger partial charge on any atom is -0.461 e. The fourth-order valence-corrected chi connectivity index (χ4v) is 3.21. The highest BCUT2D eigenvalue weighted by Gasteiger charge is 2.34. The second-order valence-electron chi connectivity index (χ2n) is 6.02. The van der Waals surface area contributed by atoms with Gasteiger partial charge in [0.05, 0.1) is 6.54 Å². The van der Waals surface area contributed by atoms with E-state index in [2.05, 4.69) is 10.3 Å². The first-order valence-corrected chi connectivity index (χ1v) is 8.78. The van der Waals surface area contributed by atoms with Crippen LogP contribution in [0.2, 0.25) is 0 Å². The van der Waals surface area contributed by atoms with E-state index in [4.69, 9.17) is 4.74 Å². The number of amides is 1. The molecule has 1 aliphatic rings. The lowest BCUT2D eigenvalue weighted by atomic mass is 10.0. The van der Waals surface area contributed by atoms with E-state index in [9.17, 15) is 22.8 Å². The van der Waals surface area contributed by atoms with E-state index in [1.165, 1.54) is 0 Å². The van der Waals surface area contributed by atoms with E-state index in [1.807, 2.05) is 0 Å². The number of rotatable bonds is 3. The van der Waals surface area contributed by atoms with E-state index in [0.717, 1.165) is 6.20 Å². The molecule has 27 heavy (non-hydrogen) atoms. The highest BCUT2D eigenvalue weighted by atomic mass is 32.1. The number of carbonyl (C=O) groups excluding carboxylic acids is 2. The van der Waals surface area contributed by atoms with Gasteiger partial charge in [0.1, 0.15) is 11.5 Å². The fourth-order valence-electron chi connectivity index (χ4n) is 2.49. The Balaban J connectivity index is 1.71. The molecule has 1 aromatic carbocycles. The van der Waals surface area contributed by atoms with Crippen molar-refractivity contribution in [2.24, 2.45) is 0 Å². The number of halogens is 3. The molecule has 1 N–H and O–H groups in total. The first kappa shape index (κ1) is 19.1. The molecular formula is C18H15F3N2O3S. The van der Waals surface area contributed by atoms with Gasteiger partial charge in [0.15, 0.2) is 10.8 Å². The Hall–Kier alpha value is -2.68. The van der Waals surface area contributed by atoms with Crippen LogP contribution in [0.5, 0.6) is 5.75 Å². The topological polar surface area (TPSA) is 68.3 Å². The minimum absolute atomic E-state index is 0.0706. The standard InChI is InChI=1S/C18H15F3N2O3S/c1-9-10(2)26-15-4-3-11(5-12(15)6-14(9)24)16(25)22-7-13-8-23-17(27-13)18(19,20)21/h3-5,8H,6-7H2,1-2H3,(H,22,25). The second-order valence-corrected chi connectivity index (χ2v) is 7.13. The van der Waals surface area contributed by atoms with Gasteiger partial charge in [-0.1, -0.05) is 0 Å². The van der Waals surface area contributed by atoms with Gasteiger partial charge in [-0.2, -0.15) is 13.2 Å². The normalized spacial score (nSPS) is 14.5. The summed E-state index contributed by atoms with van der Waals surface area (Å²) in [5.74, 6) is 0.471. The Morgan fingerprint density at radius 2 is 2.07 bits per heavy atom. The maximum atomic E-state index is 12.6. The van der Waals surface area contributed by atoms with Crippen LogP contribution in [0.1, 0.15) is 39.7 Å². The van der Waals surface area contributed by atoms with Crippen molar-refractivity contribution in [1.82, 2.24) is 10.3 Å². The molecule has 3 rings (SSSR count). The van der Waals surface area contributed by atoms with Crippen LogP contribution >= 0.6 is 11.3 Å². The molecule has 0 radical (unpaired) electrons. The molecule has 142 valence electrons. The average molecular weight is 396 g/mol. The number of allylic oxidation sites excluding steroid dienone is 2. The molecule has 1 aromatic heterocycles. The summed E-state index contributed by atoms with van der Waals surface area (Å²) in [6, 6.07) is 4.71. The molecule has 0 spiro atoms. The molecule has 0 atom stereocenters. The van der Waals surface area contributed by atoms with Crippen molar-refractivity contribution in [2.45, 2.75) is 33.0 Å². The molecule has 0 bridgehead atoms. The Kier molecular flexibility index (Phi) is 5.05. The van der Waals surface area contributed by atoms with Crippen LogP contribution in [-0.2, 0) is 23.9 Å². The number of ketones is 1. The summed E-state index contributed by atoms with van der Waals surface area (Å²) in [4.78, 5) is 28.0. The van der Waals surface area contributed by atoms with Crippen LogP contribution in [0.25, 0.3) is 0 Å². The molecule has 0 saturated carbocycles. The summed E-state index contributed by atoms with van der Waals surface area (Å²) < 4.78 is 43.3. The number of Topliss-reactive ketones (excluding diaryl/α,β-unsaturated/α-hetero) is 1. The summed E-state index contributed by atoms with van der Waals surface area (Å²) in [6.45, 7) is 3.31. The molecular weight excluding hydrogens is 381 g/mol. The largest absolute Gasteiger partial charge is 0.461 e. The van der Waals surface area contributed by atoms with Gasteiger partial charge >= 0.3 is 6.18 Å². The number of hydrogen-bond acceptors (Lipinski definition) is 5. The molecule has 0 saturated heterocycles. The second kappa shape index (κ2) is 7.15. The lowest BCUT2D eigenvalue weighted by Gasteiger charge is -2.10. The van der Waals surface area contributed by atoms with Gasteiger partial charge in [-0.25, -0.2) is 4.98 Å². The summed E-state index contributed by atoms with van der Waals surface area (Å²) in [6.07, 6.45) is -3.29. The van der Waals surface area contributed by atoms with Crippen molar-refractivity contribution in [3.8, 4) is 5.75 Å². The molecule has 2 heterocycles. The van der Waals surface area contributed by atoms with E-state index in [1.54, 1.807) is 32.0 Å². The zero-order chi connectivity index (χ0) is 19.8. The van der Waals surface area contributed by atoms with Crippen LogP contribution < -0.4 is 10.1 Å². The van der Waals surface area contributed by atoms with E-state index >= 15 is 0 Å². The number of nitrogens with zero attached hydrogens (tertiary/aromatic N) is 1. The van der Waals surface area contributed by atoms with Crippen molar-refractivity contribution in [3.63, 3.8) is 0 Å². The summed E-state index contributed by atoms with van der Waals surface area (Å²) >= 11 is 0.482. The molecule has 0 aliphatic carbocycles. The number of nitrogens with one attached hydrogen (secondary N) is 1. The highest BCUT2D eigenvalue weighted by molar-refractivity contribution is 7.11. The Morgan fingerprint density at radius 3 is 2.74 bits per heavy atom. The van der Waals surface area contributed by atoms with Crippen molar-refractivity contribution < 1.29 is 27.5 Å². The van der Waals surface area contributed by atoms with Crippen molar-refractivity contribution >= 4 is 23.0 Å². The van der Waals surface area contributed by atoms with Crippen molar-refractivity contribution in [3.05, 3.63) is 56.7 Å². The summed E-state index contributed by atoms with van der Waals surface area (Å²) in [5, 5.41) is 1.61. The number of benzene rings is 1. The summed E-state index contributed by atoms with van der Waals surface area (Å²) in [5.41, 5.74) is 1.41. The number of fused-ring (bicyclic) bond motifs is 1. The number of hydrogen-bond donors (Lipinski definition) is 1. The quantitative estimate of drug-likeness (QED) is 0.855. The van der Waals surface area contributed by atoms with E-state index in [0.29, 0.717) is 44.4 Å². The predicted molar refractivity (Wildman–Crippen MR) is 92.4 cm³/mol. The van der Waals surface area contributed by atoms with Crippen molar-refractivity contribution in [1.29, 1.82) is 0 Å².